The van der Waals surface area contributed by atoms with Gasteiger partial charge >= 0.3 is 5.97 Å². The summed E-state index contributed by atoms with van der Waals surface area (Å²) < 4.78 is 15.4. The van der Waals surface area contributed by atoms with Crippen LogP contribution in [0.2, 0.25) is 0 Å². The summed E-state index contributed by atoms with van der Waals surface area (Å²) in [6.45, 7) is 1.55. The monoisotopic (exact) mass is 296 g/mol. The van der Waals surface area contributed by atoms with Gasteiger partial charge in [0.2, 0.25) is 5.89 Å². The SMILES string of the molecule is COCCOCCc1noc(C2CC=CCC2C(=O)O)n1. The lowest BCUT2D eigenvalue weighted by Crippen LogP contribution is -2.23. The molecular weight excluding hydrogens is 276 g/mol. The topological polar surface area (TPSA) is 94.7 Å². The molecule has 21 heavy (non-hydrogen) atoms. The molecule has 1 aliphatic rings. The van der Waals surface area contributed by atoms with E-state index in [9.17, 15) is 9.90 Å². The number of carboxylic acid groups (broad SMARTS) is 1. The summed E-state index contributed by atoms with van der Waals surface area (Å²) in [5, 5.41) is 13.1. The summed E-state index contributed by atoms with van der Waals surface area (Å²) in [6.07, 6.45) is 5.49. The first-order valence-electron chi connectivity index (χ1n) is 6.99. The van der Waals surface area contributed by atoms with Gasteiger partial charge in [0.15, 0.2) is 5.82 Å². The predicted octanol–water partition coefficient (Wildman–Crippen LogP) is 1.41. The van der Waals surface area contributed by atoms with Crippen molar-refractivity contribution in [2.24, 2.45) is 5.92 Å². The molecule has 1 N–H and O–H groups in total. The van der Waals surface area contributed by atoms with Crippen LogP contribution in [0.4, 0.5) is 0 Å². The number of carboxylic acids is 1. The molecule has 1 aliphatic carbocycles. The molecule has 1 heterocycles. The normalized spacial score (nSPS) is 21.6. The van der Waals surface area contributed by atoms with Gasteiger partial charge in [0.05, 0.1) is 31.7 Å². The average molecular weight is 296 g/mol. The van der Waals surface area contributed by atoms with Gasteiger partial charge in [0.1, 0.15) is 0 Å². The number of hydrogen-bond acceptors (Lipinski definition) is 6. The van der Waals surface area contributed by atoms with Crippen LogP contribution in [0, 0.1) is 5.92 Å². The number of nitrogens with zero attached hydrogens (tertiary/aromatic N) is 2. The number of rotatable bonds is 8. The van der Waals surface area contributed by atoms with Crippen molar-refractivity contribution in [2.75, 3.05) is 26.9 Å². The number of allylic oxidation sites excluding steroid dienone is 2. The molecule has 2 rings (SSSR count). The number of aromatic nitrogens is 2. The van der Waals surface area contributed by atoms with Crippen LogP contribution in [0.15, 0.2) is 16.7 Å². The second-order valence-corrected chi connectivity index (χ2v) is 4.90. The second-order valence-electron chi connectivity index (χ2n) is 4.90. The summed E-state index contributed by atoms with van der Waals surface area (Å²) >= 11 is 0. The van der Waals surface area contributed by atoms with Crippen LogP contribution in [-0.4, -0.2) is 48.1 Å². The second kappa shape index (κ2) is 7.90. The fourth-order valence-corrected chi connectivity index (χ4v) is 2.29. The molecule has 116 valence electrons. The van der Waals surface area contributed by atoms with Gasteiger partial charge in [-0.05, 0) is 12.8 Å². The molecule has 0 radical (unpaired) electrons. The largest absolute Gasteiger partial charge is 0.481 e. The lowest BCUT2D eigenvalue weighted by molar-refractivity contribution is -0.142. The molecular formula is C14H20N2O5. The molecule has 0 saturated heterocycles. The van der Waals surface area contributed by atoms with Crippen LogP contribution in [-0.2, 0) is 20.7 Å². The number of carbonyl (C=O) groups is 1. The number of methoxy groups -OCH3 is 1. The molecule has 0 aromatic carbocycles. The Morgan fingerprint density at radius 3 is 2.95 bits per heavy atom. The van der Waals surface area contributed by atoms with E-state index in [0.717, 1.165) is 0 Å². The molecule has 7 nitrogen and oxygen atoms in total. The van der Waals surface area contributed by atoms with Crippen LogP contribution in [0.3, 0.4) is 0 Å². The van der Waals surface area contributed by atoms with E-state index in [1.165, 1.54) is 0 Å². The summed E-state index contributed by atoms with van der Waals surface area (Å²) in [5.41, 5.74) is 0. The van der Waals surface area contributed by atoms with E-state index in [1.807, 2.05) is 12.2 Å². The zero-order valence-electron chi connectivity index (χ0n) is 12.0. The number of ether oxygens (including phenoxy) is 2. The minimum absolute atomic E-state index is 0.247. The summed E-state index contributed by atoms with van der Waals surface area (Å²) in [7, 11) is 1.62. The first-order chi connectivity index (χ1) is 10.2. The van der Waals surface area contributed by atoms with Crippen LogP contribution >= 0.6 is 0 Å². The third-order valence-corrected chi connectivity index (χ3v) is 3.45. The molecule has 0 amide bonds. The Balaban J connectivity index is 1.89. The summed E-state index contributed by atoms with van der Waals surface area (Å²) in [5.74, 6) is -0.629. The van der Waals surface area contributed by atoms with Crippen molar-refractivity contribution in [3.63, 3.8) is 0 Å². The third-order valence-electron chi connectivity index (χ3n) is 3.45. The Kier molecular flexibility index (Phi) is 5.89. The highest BCUT2D eigenvalue weighted by Gasteiger charge is 2.33. The molecule has 0 spiro atoms. The Morgan fingerprint density at radius 1 is 1.38 bits per heavy atom. The maximum Gasteiger partial charge on any atom is 0.307 e. The lowest BCUT2D eigenvalue weighted by atomic mass is 9.83. The van der Waals surface area contributed by atoms with Gasteiger partial charge in [-0.1, -0.05) is 17.3 Å². The van der Waals surface area contributed by atoms with E-state index in [2.05, 4.69) is 10.1 Å². The molecule has 7 heteroatoms. The lowest BCUT2D eigenvalue weighted by Gasteiger charge is -2.21. The first kappa shape index (κ1) is 15.7. The zero-order chi connectivity index (χ0) is 15.1. The van der Waals surface area contributed by atoms with Crippen molar-refractivity contribution in [1.29, 1.82) is 0 Å². The predicted molar refractivity (Wildman–Crippen MR) is 72.9 cm³/mol. The molecule has 0 fully saturated rings. The number of hydrogen-bond donors (Lipinski definition) is 1. The molecule has 0 aliphatic heterocycles. The van der Waals surface area contributed by atoms with E-state index in [-0.39, 0.29) is 5.92 Å². The van der Waals surface area contributed by atoms with Crippen molar-refractivity contribution < 1.29 is 23.9 Å². The van der Waals surface area contributed by atoms with Crippen molar-refractivity contribution in [3.8, 4) is 0 Å². The molecule has 0 saturated carbocycles. The summed E-state index contributed by atoms with van der Waals surface area (Å²) in [4.78, 5) is 15.6. The summed E-state index contributed by atoms with van der Waals surface area (Å²) in [6, 6.07) is 0. The Bertz CT molecular complexity index is 485. The van der Waals surface area contributed by atoms with Gasteiger partial charge in [0.25, 0.3) is 0 Å². The zero-order valence-corrected chi connectivity index (χ0v) is 12.0. The Hall–Kier alpha value is -1.73. The Morgan fingerprint density at radius 2 is 2.19 bits per heavy atom. The van der Waals surface area contributed by atoms with Crippen molar-refractivity contribution >= 4 is 5.97 Å². The van der Waals surface area contributed by atoms with Crippen LogP contribution in [0.25, 0.3) is 0 Å². The van der Waals surface area contributed by atoms with Crippen molar-refractivity contribution in [3.05, 3.63) is 23.9 Å². The molecule has 1 aromatic rings. The Labute approximate surface area is 122 Å². The molecule has 2 unspecified atom stereocenters. The molecule has 2 atom stereocenters. The molecule has 0 bridgehead atoms. The molecule has 1 aromatic heterocycles. The quantitative estimate of drug-likeness (QED) is 0.572. The van der Waals surface area contributed by atoms with Crippen LogP contribution in [0.5, 0.6) is 0 Å². The highest BCUT2D eigenvalue weighted by molar-refractivity contribution is 5.71. The fraction of sp³-hybridized carbons (Fsp3) is 0.643. The third kappa shape index (κ3) is 4.37. The van der Waals surface area contributed by atoms with E-state index in [1.54, 1.807) is 7.11 Å². The van der Waals surface area contributed by atoms with E-state index < -0.39 is 11.9 Å². The fourth-order valence-electron chi connectivity index (χ4n) is 2.29. The maximum atomic E-state index is 11.3. The van der Waals surface area contributed by atoms with Crippen LogP contribution < -0.4 is 0 Å². The minimum Gasteiger partial charge on any atom is -0.481 e. The van der Waals surface area contributed by atoms with Crippen molar-refractivity contribution in [1.82, 2.24) is 10.1 Å². The highest BCUT2D eigenvalue weighted by atomic mass is 16.5. The first-order valence-corrected chi connectivity index (χ1v) is 6.99. The number of aliphatic carboxylic acids is 1. The smallest absolute Gasteiger partial charge is 0.307 e. The average Bonchev–Trinajstić information content (AvgIpc) is 2.96. The standard InChI is InChI=1S/C14H20N2O5/c1-19-8-9-20-7-6-12-15-13(21-16-12)10-4-2-3-5-11(10)14(17)18/h2-3,10-11H,4-9H2,1H3,(H,17,18). The van der Waals surface area contributed by atoms with Crippen LogP contribution in [0.1, 0.15) is 30.5 Å². The maximum absolute atomic E-state index is 11.3. The van der Waals surface area contributed by atoms with Gasteiger partial charge in [-0.25, -0.2) is 0 Å². The van der Waals surface area contributed by atoms with E-state index in [0.29, 0.717) is 50.8 Å². The van der Waals surface area contributed by atoms with Gasteiger partial charge < -0.3 is 19.1 Å². The highest BCUT2D eigenvalue weighted by Crippen LogP contribution is 2.33. The van der Waals surface area contributed by atoms with Gasteiger partial charge in [0, 0.05) is 13.5 Å². The van der Waals surface area contributed by atoms with Crippen molar-refractivity contribution in [2.45, 2.75) is 25.2 Å². The van der Waals surface area contributed by atoms with Gasteiger partial charge in [-0.15, -0.1) is 0 Å². The minimum atomic E-state index is -0.827. The van der Waals surface area contributed by atoms with Gasteiger partial charge in [-0.3, -0.25) is 4.79 Å². The van der Waals surface area contributed by atoms with Gasteiger partial charge in [-0.2, -0.15) is 4.98 Å². The van der Waals surface area contributed by atoms with E-state index in [4.69, 9.17) is 14.0 Å². The van der Waals surface area contributed by atoms with E-state index >= 15 is 0 Å².